The van der Waals surface area contributed by atoms with Gasteiger partial charge in [0, 0.05) is 10.0 Å². The van der Waals surface area contributed by atoms with Crippen LogP contribution in [0.1, 0.15) is 5.56 Å². The Bertz CT molecular complexity index is 855. The average Bonchev–Trinajstić information content (AvgIpc) is 2.54. The molecule has 2 aromatic carbocycles. The predicted molar refractivity (Wildman–Crippen MR) is 91.6 cm³/mol. The number of methoxy groups -OCH3 is 2. The van der Waals surface area contributed by atoms with Crippen LogP contribution in [0.5, 0.6) is 11.5 Å². The van der Waals surface area contributed by atoms with Gasteiger partial charge in [0.05, 0.1) is 25.3 Å². The monoisotopic (exact) mass is 416 g/mol. The molecule has 0 heterocycles. The van der Waals surface area contributed by atoms with Crippen molar-refractivity contribution in [2.45, 2.75) is 4.90 Å². The fourth-order valence-electron chi connectivity index (χ4n) is 1.89. The maximum atomic E-state index is 12.9. The van der Waals surface area contributed by atoms with Crippen molar-refractivity contribution in [3.63, 3.8) is 0 Å². The van der Waals surface area contributed by atoms with E-state index in [1.165, 1.54) is 20.4 Å². The van der Waals surface area contributed by atoms with Crippen LogP contribution in [-0.4, -0.2) is 28.9 Å². The van der Waals surface area contributed by atoms with Crippen LogP contribution in [-0.2, 0) is 10.0 Å². The molecular weight excluding hydrogens is 403 g/mol. The third-order valence-corrected chi connectivity index (χ3v) is 4.67. The molecule has 0 saturated heterocycles. The van der Waals surface area contributed by atoms with Crippen LogP contribution in [0.25, 0.3) is 0 Å². The summed E-state index contributed by atoms with van der Waals surface area (Å²) in [5.74, 6) is 0.351. The minimum absolute atomic E-state index is 0.0974. The highest BCUT2D eigenvalue weighted by Crippen LogP contribution is 2.33. The number of sulfonamides is 1. The Labute approximate surface area is 147 Å². The number of hydrazone groups is 1. The van der Waals surface area contributed by atoms with Gasteiger partial charge in [-0.25, -0.2) is 9.22 Å². The van der Waals surface area contributed by atoms with E-state index < -0.39 is 15.8 Å². The minimum atomic E-state index is -3.89. The molecule has 0 saturated carbocycles. The third kappa shape index (κ3) is 4.24. The van der Waals surface area contributed by atoms with Crippen molar-refractivity contribution in [1.29, 1.82) is 0 Å². The molecule has 0 fully saturated rings. The second kappa shape index (κ2) is 7.63. The van der Waals surface area contributed by atoms with Crippen molar-refractivity contribution in [2.24, 2.45) is 5.10 Å². The lowest BCUT2D eigenvalue weighted by Gasteiger charge is -2.11. The summed E-state index contributed by atoms with van der Waals surface area (Å²) in [6.45, 7) is 0. The summed E-state index contributed by atoms with van der Waals surface area (Å²) in [7, 11) is -0.938. The van der Waals surface area contributed by atoms with E-state index in [-0.39, 0.29) is 4.90 Å². The van der Waals surface area contributed by atoms with Gasteiger partial charge in [0.25, 0.3) is 10.0 Å². The van der Waals surface area contributed by atoms with E-state index in [9.17, 15) is 12.8 Å². The second-order valence-electron chi connectivity index (χ2n) is 4.54. The maximum absolute atomic E-state index is 12.9. The van der Waals surface area contributed by atoms with Crippen LogP contribution in [0, 0.1) is 5.82 Å². The van der Waals surface area contributed by atoms with Crippen LogP contribution < -0.4 is 14.3 Å². The Morgan fingerprint density at radius 3 is 2.42 bits per heavy atom. The van der Waals surface area contributed by atoms with E-state index in [0.29, 0.717) is 21.5 Å². The molecular formula is C15H14BrFN2O4S. The first-order valence-corrected chi connectivity index (χ1v) is 8.87. The first-order valence-electron chi connectivity index (χ1n) is 6.59. The van der Waals surface area contributed by atoms with Gasteiger partial charge in [-0.1, -0.05) is 15.9 Å². The molecule has 2 rings (SSSR count). The van der Waals surface area contributed by atoms with E-state index in [0.717, 1.165) is 24.3 Å². The Kier molecular flexibility index (Phi) is 5.79. The van der Waals surface area contributed by atoms with Gasteiger partial charge in [-0.3, -0.25) is 0 Å². The van der Waals surface area contributed by atoms with Crippen molar-refractivity contribution in [3.05, 3.63) is 52.3 Å². The van der Waals surface area contributed by atoms with Crippen molar-refractivity contribution in [1.82, 2.24) is 4.83 Å². The number of benzene rings is 2. The highest BCUT2D eigenvalue weighted by molar-refractivity contribution is 9.10. The molecule has 9 heteroatoms. The zero-order chi connectivity index (χ0) is 17.7. The normalized spacial score (nSPS) is 11.5. The van der Waals surface area contributed by atoms with Gasteiger partial charge in [0.1, 0.15) is 5.82 Å². The number of ether oxygens (including phenoxy) is 2. The fraction of sp³-hybridized carbons (Fsp3) is 0.133. The molecule has 1 N–H and O–H groups in total. The second-order valence-corrected chi connectivity index (χ2v) is 7.11. The van der Waals surface area contributed by atoms with Crippen LogP contribution in [0.3, 0.4) is 0 Å². The number of nitrogens with zero attached hydrogens (tertiary/aromatic N) is 1. The summed E-state index contributed by atoms with van der Waals surface area (Å²) in [5.41, 5.74) is 0.505. The van der Waals surface area contributed by atoms with Gasteiger partial charge in [0.15, 0.2) is 11.5 Å². The number of hydrogen-bond donors (Lipinski definition) is 1. The minimum Gasteiger partial charge on any atom is -0.493 e. The summed E-state index contributed by atoms with van der Waals surface area (Å²) < 4.78 is 48.1. The molecule has 2 aromatic rings. The van der Waals surface area contributed by atoms with Crippen LogP contribution in [0.2, 0.25) is 0 Å². The topological polar surface area (TPSA) is 77.0 Å². The van der Waals surface area contributed by atoms with Gasteiger partial charge < -0.3 is 9.47 Å². The van der Waals surface area contributed by atoms with Crippen molar-refractivity contribution in [3.8, 4) is 11.5 Å². The van der Waals surface area contributed by atoms with E-state index in [1.54, 1.807) is 12.1 Å². The van der Waals surface area contributed by atoms with Gasteiger partial charge in [-0.05, 0) is 36.4 Å². The van der Waals surface area contributed by atoms with Crippen molar-refractivity contribution in [2.75, 3.05) is 14.2 Å². The number of halogens is 2. The molecule has 0 aliphatic rings. The third-order valence-electron chi connectivity index (χ3n) is 2.97. The van der Waals surface area contributed by atoms with Gasteiger partial charge in [-0.15, -0.1) is 0 Å². The largest absolute Gasteiger partial charge is 0.493 e. The molecule has 0 amide bonds. The number of nitrogens with one attached hydrogen (secondary N) is 1. The Balaban J connectivity index is 2.25. The molecule has 128 valence electrons. The standard InChI is InChI=1S/C15H14BrFN2O4S/c1-22-14-8-11(16)7-10(15(14)23-2)9-18-19-24(20,21)13-5-3-12(17)4-6-13/h3-9,19H,1-2H3/b18-9+. The van der Waals surface area contributed by atoms with Crippen LogP contribution in [0.15, 0.2) is 50.9 Å². The molecule has 0 unspecified atom stereocenters. The molecule has 0 radical (unpaired) electrons. The first kappa shape index (κ1) is 18.2. The zero-order valence-electron chi connectivity index (χ0n) is 12.8. The summed E-state index contributed by atoms with van der Waals surface area (Å²) in [5, 5.41) is 3.72. The highest BCUT2D eigenvalue weighted by atomic mass is 79.9. The van der Waals surface area contributed by atoms with Crippen molar-refractivity contribution < 1.29 is 22.3 Å². The van der Waals surface area contributed by atoms with Crippen LogP contribution >= 0.6 is 15.9 Å². The molecule has 0 aliphatic carbocycles. The quantitative estimate of drug-likeness (QED) is 0.579. The molecule has 0 spiro atoms. The number of hydrogen-bond acceptors (Lipinski definition) is 5. The van der Waals surface area contributed by atoms with E-state index in [1.807, 2.05) is 0 Å². The lowest BCUT2D eigenvalue weighted by molar-refractivity contribution is 0.354. The molecule has 0 bridgehead atoms. The number of rotatable bonds is 6. The average molecular weight is 417 g/mol. The Hall–Kier alpha value is -2.13. The fourth-order valence-corrected chi connectivity index (χ4v) is 3.13. The van der Waals surface area contributed by atoms with Gasteiger partial charge in [0.2, 0.25) is 0 Å². The van der Waals surface area contributed by atoms with E-state index >= 15 is 0 Å². The SMILES string of the molecule is COc1cc(Br)cc(/C=N/NS(=O)(=O)c2ccc(F)cc2)c1OC. The van der Waals surface area contributed by atoms with Crippen LogP contribution in [0.4, 0.5) is 4.39 Å². The smallest absolute Gasteiger partial charge is 0.276 e. The van der Waals surface area contributed by atoms with Gasteiger partial charge >= 0.3 is 0 Å². The summed E-state index contributed by atoms with van der Waals surface area (Å²) in [6, 6.07) is 7.81. The van der Waals surface area contributed by atoms with Crippen molar-refractivity contribution >= 4 is 32.2 Å². The summed E-state index contributed by atoms with van der Waals surface area (Å²) >= 11 is 3.32. The molecule has 6 nitrogen and oxygen atoms in total. The Morgan fingerprint density at radius 2 is 1.83 bits per heavy atom. The molecule has 24 heavy (non-hydrogen) atoms. The molecule has 0 aliphatic heterocycles. The summed E-state index contributed by atoms with van der Waals surface area (Å²) in [6.07, 6.45) is 1.28. The first-order chi connectivity index (χ1) is 11.4. The van der Waals surface area contributed by atoms with E-state index in [4.69, 9.17) is 9.47 Å². The van der Waals surface area contributed by atoms with E-state index in [2.05, 4.69) is 25.9 Å². The predicted octanol–water partition coefficient (Wildman–Crippen LogP) is 2.92. The highest BCUT2D eigenvalue weighted by Gasteiger charge is 2.13. The zero-order valence-corrected chi connectivity index (χ0v) is 15.2. The van der Waals surface area contributed by atoms with Gasteiger partial charge in [-0.2, -0.15) is 13.5 Å². The maximum Gasteiger partial charge on any atom is 0.276 e. The lowest BCUT2D eigenvalue weighted by Crippen LogP contribution is -2.18. The molecule has 0 aromatic heterocycles. The summed E-state index contributed by atoms with van der Waals surface area (Å²) in [4.78, 5) is 1.96. The molecule has 0 atom stereocenters. The Morgan fingerprint density at radius 1 is 1.17 bits per heavy atom. The lowest BCUT2D eigenvalue weighted by atomic mass is 10.2.